The average molecular weight is 385 g/mol. The lowest BCUT2D eigenvalue weighted by Crippen LogP contribution is -2.14. The number of benzene rings is 1. The van der Waals surface area contributed by atoms with Crippen LogP contribution in [0.15, 0.2) is 46.7 Å². The summed E-state index contributed by atoms with van der Waals surface area (Å²) in [5, 5.41) is 5.08. The molecule has 0 unspecified atom stereocenters. The zero-order valence-electron chi connectivity index (χ0n) is 14.9. The minimum Gasteiger partial charge on any atom is -0.496 e. The lowest BCUT2D eigenvalue weighted by molar-refractivity contribution is 0.102. The monoisotopic (exact) mass is 385 g/mol. The van der Waals surface area contributed by atoms with Gasteiger partial charge in [-0.15, -0.1) is 11.3 Å². The fourth-order valence-electron chi connectivity index (χ4n) is 2.45. The van der Waals surface area contributed by atoms with Crippen molar-refractivity contribution in [1.29, 1.82) is 0 Å². The van der Waals surface area contributed by atoms with Gasteiger partial charge >= 0.3 is 0 Å². The fraction of sp³-hybridized carbons (Fsp3) is 0.211. The van der Waals surface area contributed by atoms with Gasteiger partial charge in [0.05, 0.1) is 25.0 Å². The summed E-state index contributed by atoms with van der Waals surface area (Å²) in [7, 11) is 1.62. The van der Waals surface area contributed by atoms with Crippen molar-refractivity contribution in [2.45, 2.75) is 13.5 Å². The lowest BCUT2D eigenvalue weighted by Gasteiger charge is -2.10. The number of amides is 1. The Hall–Kier alpha value is -2.97. The second-order valence-corrected chi connectivity index (χ2v) is 6.46. The van der Waals surface area contributed by atoms with Gasteiger partial charge in [0, 0.05) is 35.4 Å². The minimum absolute atomic E-state index is 0.259. The van der Waals surface area contributed by atoms with Crippen molar-refractivity contribution in [2.75, 3.05) is 19.0 Å². The van der Waals surface area contributed by atoms with Crippen LogP contribution in [0.2, 0.25) is 0 Å². The van der Waals surface area contributed by atoms with Gasteiger partial charge in [-0.25, -0.2) is 4.98 Å². The molecule has 2 aromatic heterocycles. The van der Waals surface area contributed by atoms with E-state index in [1.165, 1.54) is 29.7 Å². The van der Waals surface area contributed by atoms with Crippen LogP contribution in [0, 0.1) is 0 Å². The van der Waals surface area contributed by atoms with Gasteiger partial charge in [0.15, 0.2) is 5.13 Å². The van der Waals surface area contributed by atoms with E-state index in [1.54, 1.807) is 7.11 Å². The van der Waals surface area contributed by atoms with E-state index >= 15 is 0 Å². The maximum atomic E-state index is 12.2. The smallest absolute Gasteiger partial charge is 0.258 e. The van der Waals surface area contributed by atoms with Crippen LogP contribution >= 0.6 is 11.3 Å². The number of anilines is 1. The normalized spacial score (nSPS) is 10.6. The number of aromatic nitrogens is 2. The molecular weight excluding hydrogens is 366 g/mol. The van der Waals surface area contributed by atoms with Crippen LogP contribution < -0.4 is 15.6 Å². The van der Waals surface area contributed by atoms with Gasteiger partial charge in [-0.1, -0.05) is 0 Å². The summed E-state index contributed by atoms with van der Waals surface area (Å²) in [6, 6.07) is 8.53. The van der Waals surface area contributed by atoms with Crippen molar-refractivity contribution in [3.05, 3.63) is 63.4 Å². The minimum atomic E-state index is -0.334. The number of aromatic amines is 1. The van der Waals surface area contributed by atoms with Gasteiger partial charge in [-0.2, -0.15) is 0 Å². The predicted molar refractivity (Wildman–Crippen MR) is 104 cm³/mol. The highest BCUT2D eigenvalue weighted by Crippen LogP contribution is 2.29. The van der Waals surface area contributed by atoms with Gasteiger partial charge in [0.2, 0.25) is 5.56 Å². The number of H-pyrrole nitrogens is 1. The van der Waals surface area contributed by atoms with Crippen molar-refractivity contribution in [3.8, 4) is 17.0 Å². The van der Waals surface area contributed by atoms with E-state index in [0.29, 0.717) is 23.9 Å². The number of nitrogens with one attached hydrogen (secondary N) is 2. The molecular formula is C19H19N3O4S. The third-order valence-electron chi connectivity index (χ3n) is 3.81. The summed E-state index contributed by atoms with van der Waals surface area (Å²) in [6.07, 6.45) is 1.37. The second kappa shape index (κ2) is 8.61. The molecule has 0 saturated heterocycles. The first-order valence-corrected chi connectivity index (χ1v) is 9.19. The lowest BCUT2D eigenvalue weighted by atomic mass is 10.1. The Labute approximate surface area is 160 Å². The summed E-state index contributed by atoms with van der Waals surface area (Å²) in [6.45, 7) is 3.01. The molecule has 0 aliphatic carbocycles. The molecule has 0 bridgehead atoms. The fourth-order valence-corrected chi connectivity index (χ4v) is 3.16. The molecule has 8 heteroatoms. The number of hydrogen-bond acceptors (Lipinski definition) is 6. The number of pyridine rings is 1. The molecule has 3 aromatic rings. The van der Waals surface area contributed by atoms with Gasteiger partial charge in [-0.05, 0) is 31.2 Å². The van der Waals surface area contributed by atoms with Crippen LogP contribution in [-0.4, -0.2) is 29.6 Å². The van der Waals surface area contributed by atoms with Crippen LogP contribution in [0.3, 0.4) is 0 Å². The molecule has 0 aliphatic rings. The highest BCUT2D eigenvalue weighted by Gasteiger charge is 2.12. The number of hydrogen-bond donors (Lipinski definition) is 2. The van der Waals surface area contributed by atoms with E-state index in [2.05, 4.69) is 15.3 Å². The van der Waals surface area contributed by atoms with Crippen molar-refractivity contribution < 1.29 is 14.3 Å². The quantitative estimate of drug-likeness (QED) is 0.651. The Bertz CT molecular complexity index is 976. The summed E-state index contributed by atoms with van der Waals surface area (Å²) in [5.41, 5.74) is 2.69. The molecule has 0 saturated carbocycles. The number of ether oxygens (including phenoxy) is 2. The Balaban J connectivity index is 1.77. The summed E-state index contributed by atoms with van der Waals surface area (Å²) in [4.78, 5) is 30.3. The van der Waals surface area contributed by atoms with E-state index in [-0.39, 0.29) is 11.5 Å². The Kier molecular flexibility index (Phi) is 6.00. The van der Waals surface area contributed by atoms with Crippen molar-refractivity contribution in [3.63, 3.8) is 0 Å². The first kappa shape index (κ1) is 18.8. The second-order valence-electron chi connectivity index (χ2n) is 5.60. The van der Waals surface area contributed by atoms with Crippen LogP contribution in [0.5, 0.6) is 5.75 Å². The Morgan fingerprint density at radius 1 is 1.30 bits per heavy atom. The third-order valence-corrected chi connectivity index (χ3v) is 4.57. The summed E-state index contributed by atoms with van der Waals surface area (Å²) < 4.78 is 10.9. The molecule has 3 rings (SSSR count). The predicted octanol–water partition coefficient (Wildman–Crippen LogP) is 3.30. The van der Waals surface area contributed by atoms with Crippen molar-refractivity contribution >= 4 is 22.4 Å². The average Bonchev–Trinajstić information content (AvgIpc) is 3.15. The molecule has 0 spiro atoms. The topological polar surface area (TPSA) is 93.3 Å². The van der Waals surface area contributed by atoms with E-state index in [0.717, 1.165) is 22.6 Å². The number of carbonyl (C=O) groups excluding carboxylic acids is 1. The number of carbonyl (C=O) groups is 1. The highest BCUT2D eigenvalue weighted by molar-refractivity contribution is 7.14. The molecule has 7 nitrogen and oxygen atoms in total. The maximum Gasteiger partial charge on any atom is 0.258 e. The molecule has 2 N–H and O–H groups in total. The van der Waals surface area contributed by atoms with Gasteiger partial charge < -0.3 is 14.5 Å². The van der Waals surface area contributed by atoms with Crippen LogP contribution in [0.4, 0.5) is 5.13 Å². The van der Waals surface area contributed by atoms with Gasteiger partial charge in [0.25, 0.3) is 5.91 Å². The molecule has 0 radical (unpaired) electrons. The molecule has 0 atom stereocenters. The van der Waals surface area contributed by atoms with Crippen molar-refractivity contribution in [1.82, 2.24) is 9.97 Å². The molecule has 0 aliphatic heterocycles. The number of thiazole rings is 1. The Morgan fingerprint density at radius 3 is 2.85 bits per heavy atom. The van der Waals surface area contributed by atoms with E-state index in [4.69, 9.17) is 9.47 Å². The standard InChI is InChI=1S/C19H19N3O4S/c1-3-26-10-14-8-12(4-6-16(14)25-2)15-11-27-19(21-15)22-18(24)13-5-7-17(23)20-9-13/h4-9,11H,3,10H2,1-2H3,(H,20,23)(H,21,22,24). The molecule has 140 valence electrons. The van der Waals surface area contributed by atoms with Crippen LogP contribution in [0.1, 0.15) is 22.8 Å². The van der Waals surface area contributed by atoms with Crippen LogP contribution in [-0.2, 0) is 11.3 Å². The van der Waals surface area contributed by atoms with E-state index in [1.807, 2.05) is 30.5 Å². The zero-order chi connectivity index (χ0) is 19.2. The van der Waals surface area contributed by atoms with E-state index in [9.17, 15) is 9.59 Å². The molecule has 2 heterocycles. The first-order valence-electron chi connectivity index (χ1n) is 8.31. The summed E-state index contributed by atoms with van der Waals surface area (Å²) >= 11 is 1.33. The number of methoxy groups -OCH3 is 1. The SMILES string of the molecule is CCOCc1cc(-c2csc(NC(=O)c3ccc(=O)[nH]c3)n2)ccc1OC. The van der Waals surface area contributed by atoms with Gasteiger partial charge in [0.1, 0.15) is 5.75 Å². The first-order chi connectivity index (χ1) is 13.1. The van der Waals surface area contributed by atoms with Gasteiger partial charge in [-0.3, -0.25) is 14.9 Å². The number of nitrogens with zero attached hydrogens (tertiary/aromatic N) is 1. The highest BCUT2D eigenvalue weighted by atomic mass is 32.1. The molecule has 0 fully saturated rings. The van der Waals surface area contributed by atoms with Crippen molar-refractivity contribution in [2.24, 2.45) is 0 Å². The molecule has 1 aromatic carbocycles. The molecule has 27 heavy (non-hydrogen) atoms. The van der Waals surface area contributed by atoms with Crippen LogP contribution in [0.25, 0.3) is 11.3 Å². The third kappa shape index (κ3) is 4.60. The zero-order valence-corrected chi connectivity index (χ0v) is 15.8. The Morgan fingerprint density at radius 2 is 2.15 bits per heavy atom. The largest absolute Gasteiger partial charge is 0.496 e. The van der Waals surface area contributed by atoms with E-state index < -0.39 is 0 Å². The molecule has 1 amide bonds. The maximum absolute atomic E-state index is 12.2. The summed E-state index contributed by atoms with van der Waals surface area (Å²) in [5.74, 6) is 0.424. The number of rotatable bonds is 7.